The van der Waals surface area contributed by atoms with E-state index in [0.717, 1.165) is 12.1 Å². The van der Waals surface area contributed by atoms with Crippen LogP contribution in [0.3, 0.4) is 0 Å². The molecular formula is C12H17NO3. The highest BCUT2D eigenvalue weighted by Crippen LogP contribution is 2.03. The Labute approximate surface area is 95.5 Å². The number of likely N-dealkylation sites (N-methyl/N-ethyl adjacent to an activating group) is 1. The average molecular weight is 223 g/mol. The van der Waals surface area contributed by atoms with Crippen molar-refractivity contribution in [1.29, 1.82) is 0 Å². The van der Waals surface area contributed by atoms with Crippen molar-refractivity contribution in [3.63, 3.8) is 0 Å². The van der Waals surface area contributed by atoms with Gasteiger partial charge in [0, 0.05) is 24.7 Å². The van der Waals surface area contributed by atoms with Crippen LogP contribution in [0.4, 0.5) is 0 Å². The molecule has 0 unspecified atom stereocenters. The molecule has 1 aromatic rings. The first-order valence-electron chi connectivity index (χ1n) is 5.25. The second-order valence-electron chi connectivity index (χ2n) is 3.48. The molecule has 1 aromatic heterocycles. The minimum atomic E-state index is -0.292. The highest BCUT2D eigenvalue weighted by molar-refractivity contribution is 5.81. The standard InChI is InChI=1S/C12H17NO3/c1-3-16-12(14)5-4-7-13(2)9-11-6-8-15-10-11/h4-6,8,10H,3,7,9H2,1-2H3/b5-4+. The van der Waals surface area contributed by atoms with E-state index < -0.39 is 0 Å². The molecule has 0 N–H and O–H groups in total. The molecule has 0 bridgehead atoms. The number of nitrogens with zero attached hydrogens (tertiary/aromatic N) is 1. The zero-order valence-electron chi connectivity index (χ0n) is 9.68. The zero-order chi connectivity index (χ0) is 11.8. The molecule has 0 saturated heterocycles. The van der Waals surface area contributed by atoms with Gasteiger partial charge in [0.15, 0.2) is 0 Å². The van der Waals surface area contributed by atoms with E-state index in [-0.39, 0.29) is 5.97 Å². The average Bonchev–Trinajstić information content (AvgIpc) is 2.70. The third-order valence-electron chi connectivity index (χ3n) is 1.99. The molecule has 0 aliphatic heterocycles. The van der Waals surface area contributed by atoms with E-state index in [0.29, 0.717) is 13.2 Å². The SMILES string of the molecule is CCOC(=O)/C=C/CN(C)Cc1ccoc1. The number of rotatable bonds is 6. The van der Waals surface area contributed by atoms with Crippen LogP contribution in [0.1, 0.15) is 12.5 Å². The minimum Gasteiger partial charge on any atom is -0.472 e. The number of carbonyl (C=O) groups excluding carboxylic acids is 1. The summed E-state index contributed by atoms with van der Waals surface area (Å²) < 4.78 is 9.74. The molecule has 1 heterocycles. The van der Waals surface area contributed by atoms with Gasteiger partial charge in [-0.2, -0.15) is 0 Å². The van der Waals surface area contributed by atoms with Gasteiger partial charge < -0.3 is 9.15 Å². The van der Waals surface area contributed by atoms with Gasteiger partial charge in [-0.3, -0.25) is 4.90 Å². The predicted octanol–water partition coefficient (Wildman–Crippen LogP) is 1.83. The Morgan fingerprint density at radius 1 is 1.62 bits per heavy atom. The fourth-order valence-corrected chi connectivity index (χ4v) is 1.28. The molecule has 0 atom stereocenters. The van der Waals surface area contributed by atoms with Gasteiger partial charge in [-0.25, -0.2) is 4.79 Å². The van der Waals surface area contributed by atoms with Crippen molar-refractivity contribution in [3.8, 4) is 0 Å². The highest BCUT2D eigenvalue weighted by Gasteiger charge is 1.99. The van der Waals surface area contributed by atoms with E-state index in [9.17, 15) is 4.79 Å². The van der Waals surface area contributed by atoms with E-state index in [4.69, 9.17) is 9.15 Å². The molecule has 0 fully saturated rings. The lowest BCUT2D eigenvalue weighted by molar-refractivity contribution is -0.137. The first-order valence-corrected chi connectivity index (χ1v) is 5.25. The zero-order valence-corrected chi connectivity index (χ0v) is 9.68. The summed E-state index contributed by atoms with van der Waals surface area (Å²) in [6.45, 7) is 3.69. The van der Waals surface area contributed by atoms with E-state index >= 15 is 0 Å². The highest BCUT2D eigenvalue weighted by atomic mass is 16.5. The summed E-state index contributed by atoms with van der Waals surface area (Å²) in [6, 6.07) is 1.92. The number of ether oxygens (including phenoxy) is 1. The van der Waals surface area contributed by atoms with Gasteiger partial charge in [-0.1, -0.05) is 6.08 Å². The minimum absolute atomic E-state index is 0.292. The Hall–Kier alpha value is -1.55. The predicted molar refractivity (Wildman–Crippen MR) is 60.8 cm³/mol. The summed E-state index contributed by atoms with van der Waals surface area (Å²) >= 11 is 0. The van der Waals surface area contributed by atoms with Crippen LogP contribution < -0.4 is 0 Å². The Morgan fingerprint density at radius 3 is 3.06 bits per heavy atom. The molecule has 88 valence electrons. The third kappa shape index (κ3) is 4.79. The van der Waals surface area contributed by atoms with Gasteiger partial charge in [0.1, 0.15) is 0 Å². The Balaban J connectivity index is 2.24. The number of carbonyl (C=O) groups is 1. The molecule has 0 saturated carbocycles. The molecule has 0 spiro atoms. The Morgan fingerprint density at radius 2 is 2.44 bits per heavy atom. The lowest BCUT2D eigenvalue weighted by atomic mass is 10.3. The van der Waals surface area contributed by atoms with Crippen molar-refractivity contribution < 1.29 is 13.9 Å². The molecule has 0 aromatic carbocycles. The Bertz CT molecular complexity index is 330. The monoisotopic (exact) mass is 223 g/mol. The molecule has 16 heavy (non-hydrogen) atoms. The van der Waals surface area contributed by atoms with E-state index in [1.54, 1.807) is 25.5 Å². The van der Waals surface area contributed by atoms with E-state index in [1.165, 1.54) is 6.08 Å². The fraction of sp³-hybridized carbons (Fsp3) is 0.417. The van der Waals surface area contributed by atoms with Crippen molar-refractivity contribution >= 4 is 5.97 Å². The number of esters is 1. The first-order chi connectivity index (χ1) is 7.72. The second-order valence-corrected chi connectivity index (χ2v) is 3.48. The van der Waals surface area contributed by atoms with Crippen LogP contribution in [-0.2, 0) is 16.1 Å². The lowest BCUT2D eigenvalue weighted by Crippen LogP contribution is -2.17. The van der Waals surface area contributed by atoms with Crippen molar-refractivity contribution in [3.05, 3.63) is 36.3 Å². The number of hydrogen-bond acceptors (Lipinski definition) is 4. The molecule has 0 amide bonds. The molecule has 4 heteroatoms. The van der Waals surface area contributed by atoms with Crippen molar-refractivity contribution in [1.82, 2.24) is 4.90 Å². The van der Waals surface area contributed by atoms with Gasteiger partial charge in [-0.05, 0) is 20.0 Å². The van der Waals surface area contributed by atoms with Crippen molar-refractivity contribution in [2.75, 3.05) is 20.2 Å². The van der Waals surface area contributed by atoms with E-state index in [2.05, 4.69) is 4.90 Å². The maximum absolute atomic E-state index is 11.0. The Kier molecular flexibility index (Phi) is 5.36. The maximum Gasteiger partial charge on any atom is 0.330 e. The van der Waals surface area contributed by atoms with Gasteiger partial charge >= 0.3 is 5.97 Å². The molecule has 0 aliphatic carbocycles. The second kappa shape index (κ2) is 6.85. The largest absolute Gasteiger partial charge is 0.472 e. The van der Waals surface area contributed by atoms with E-state index in [1.807, 2.05) is 13.1 Å². The summed E-state index contributed by atoms with van der Waals surface area (Å²) in [5.74, 6) is -0.292. The first kappa shape index (κ1) is 12.5. The summed E-state index contributed by atoms with van der Waals surface area (Å²) in [5.41, 5.74) is 1.12. The van der Waals surface area contributed by atoms with Crippen LogP contribution in [0, 0.1) is 0 Å². The smallest absolute Gasteiger partial charge is 0.330 e. The van der Waals surface area contributed by atoms with Crippen LogP contribution in [0.2, 0.25) is 0 Å². The van der Waals surface area contributed by atoms with Crippen LogP contribution in [0.5, 0.6) is 0 Å². The maximum atomic E-state index is 11.0. The normalized spacial score (nSPS) is 11.2. The van der Waals surface area contributed by atoms with Crippen molar-refractivity contribution in [2.45, 2.75) is 13.5 Å². The molecule has 0 aliphatic rings. The number of hydrogen-bond donors (Lipinski definition) is 0. The molecule has 4 nitrogen and oxygen atoms in total. The summed E-state index contributed by atoms with van der Waals surface area (Å²) in [6.07, 6.45) is 6.61. The van der Waals surface area contributed by atoms with Crippen LogP contribution in [0.15, 0.2) is 35.2 Å². The summed E-state index contributed by atoms with van der Waals surface area (Å²) in [4.78, 5) is 13.1. The topological polar surface area (TPSA) is 42.7 Å². The number of furan rings is 1. The van der Waals surface area contributed by atoms with Gasteiger partial charge in [0.2, 0.25) is 0 Å². The van der Waals surface area contributed by atoms with Crippen molar-refractivity contribution in [2.24, 2.45) is 0 Å². The molecule has 1 rings (SSSR count). The third-order valence-corrected chi connectivity index (χ3v) is 1.99. The van der Waals surface area contributed by atoms with Gasteiger partial charge in [0.25, 0.3) is 0 Å². The quantitative estimate of drug-likeness (QED) is 0.545. The van der Waals surface area contributed by atoms with Crippen LogP contribution in [0.25, 0.3) is 0 Å². The fourth-order valence-electron chi connectivity index (χ4n) is 1.28. The summed E-state index contributed by atoms with van der Waals surface area (Å²) in [7, 11) is 1.97. The van der Waals surface area contributed by atoms with Gasteiger partial charge in [0.05, 0.1) is 19.1 Å². The molecule has 0 radical (unpaired) electrons. The summed E-state index contributed by atoms with van der Waals surface area (Å²) in [5, 5.41) is 0. The van der Waals surface area contributed by atoms with Gasteiger partial charge in [-0.15, -0.1) is 0 Å². The van der Waals surface area contributed by atoms with Crippen LogP contribution >= 0.6 is 0 Å². The molecular weight excluding hydrogens is 206 g/mol. The lowest BCUT2D eigenvalue weighted by Gasteiger charge is -2.12. The van der Waals surface area contributed by atoms with Crippen LogP contribution in [-0.4, -0.2) is 31.1 Å².